The molecule has 0 aromatic heterocycles. The highest BCUT2D eigenvalue weighted by Crippen LogP contribution is 2.48. The monoisotopic (exact) mass is 651 g/mol. The van der Waals surface area contributed by atoms with Crippen LogP contribution in [0.2, 0.25) is 0 Å². The molecule has 7 nitrogen and oxygen atoms in total. The Balaban J connectivity index is 1.59. The molecule has 0 spiro atoms. The number of amides is 1. The summed E-state index contributed by atoms with van der Waals surface area (Å²) in [7, 11) is -3.47. The van der Waals surface area contributed by atoms with Gasteiger partial charge in [0.15, 0.2) is 0 Å². The van der Waals surface area contributed by atoms with E-state index in [1.54, 1.807) is 18.2 Å². The van der Waals surface area contributed by atoms with Gasteiger partial charge >= 0.3 is 12.4 Å². The molecule has 0 atom stereocenters. The molecule has 2 fully saturated rings. The Labute approximate surface area is 250 Å². The van der Waals surface area contributed by atoms with E-state index in [1.165, 1.54) is 22.2 Å². The third-order valence-electron chi connectivity index (χ3n) is 7.13. The van der Waals surface area contributed by atoms with Crippen molar-refractivity contribution in [3.63, 3.8) is 0 Å². The summed E-state index contributed by atoms with van der Waals surface area (Å²) in [6.45, 7) is 2.66. The van der Waals surface area contributed by atoms with Gasteiger partial charge in [-0.05, 0) is 55.7 Å². The molecule has 2 aliphatic heterocycles. The van der Waals surface area contributed by atoms with Crippen LogP contribution in [0.3, 0.4) is 0 Å². The van der Waals surface area contributed by atoms with Gasteiger partial charge in [-0.1, -0.05) is 23.9 Å². The molecule has 2 saturated heterocycles. The first-order chi connectivity index (χ1) is 20.2. The number of anilines is 1. The lowest BCUT2D eigenvalue weighted by Gasteiger charge is -2.33. The van der Waals surface area contributed by atoms with E-state index in [1.807, 2.05) is 0 Å². The topological polar surface area (TPSA) is 79.0 Å². The lowest BCUT2D eigenvalue weighted by molar-refractivity contribution is -0.163. The number of carbonyl (C=O) groups is 1. The summed E-state index contributed by atoms with van der Waals surface area (Å²) < 4.78 is 116. The average molecular weight is 652 g/mol. The molecule has 0 unspecified atom stereocenters. The van der Waals surface area contributed by atoms with Crippen molar-refractivity contribution in [2.75, 3.05) is 50.5 Å². The van der Waals surface area contributed by atoms with Crippen LogP contribution in [0, 0.1) is 0 Å². The van der Waals surface area contributed by atoms with Crippen LogP contribution in [0.1, 0.15) is 36.5 Å². The van der Waals surface area contributed by atoms with Crippen molar-refractivity contribution in [1.82, 2.24) is 9.21 Å². The van der Waals surface area contributed by atoms with Crippen molar-refractivity contribution in [3.8, 4) is 0 Å². The van der Waals surface area contributed by atoms with Crippen molar-refractivity contribution in [1.29, 1.82) is 0 Å². The van der Waals surface area contributed by atoms with Gasteiger partial charge in [-0.2, -0.15) is 30.6 Å². The number of ether oxygens (including phenoxy) is 1. The fourth-order valence-electron chi connectivity index (χ4n) is 4.90. The minimum Gasteiger partial charge on any atom is -0.382 e. The summed E-state index contributed by atoms with van der Waals surface area (Å²) in [5, 5.41) is 3.29. The minimum absolute atomic E-state index is 0.000353. The zero-order chi connectivity index (χ0) is 31.4. The zero-order valence-corrected chi connectivity index (χ0v) is 24.8. The van der Waals surface area contributed by atoms with E-state index in [2.05, 4.69) is 5.32 Å². The van der Waals surface area contributed by atoms with E-state index in [9.17, 15) is 39.6 Å². The summed E-state index contributed by atoms with van der Waals surface area (Å²) in [5.41, 5.74) is -3.89. The maximum absolute atomic E-state index is 14.3. The van der Waals surface area contributed by atoms with Gasteiger partial charge < -0.3 is 15.0 Å². The number of alkyl halides is 6. The maximum atomic E-state index is 14.3. The summed E-state index contributed by atoms with van der Waals surface area (Å²) >= 11 is 0.570. The fraction of sp³-hybridized carbons (Fsp3) is 0.464. The fourth-order valence-corrected chi connectivity index (χ4v) is 7.03. The van der Waals surface area contributed by atoms with Gasteiger partial charge in [-0.3, -0.25) is 4.79 Å². The number of benzene rings is 2. The number of nitrogens with zero attached hydrogens (tertiary/aromatic N) is 2. The van der Waals surface area contributed by atoms with Crippen LogP contribution in [0.4, 0.5) is 32.0 Å². The van der Waals surface area contributed by atoms with E-state index in [0.717, 1.165) is 37.1 Å². The highest BCUT2D eigenvalue weighted by molar-refractivity contribution is 7.99. The van der Waals surface area contributed by atoms with Crippen LogP contribution in [-0.2, 0) is 31.9 Å². The quantitative estimate of drug-likeness (QED) is 0.280. The third-order valence-corrected chi connectivity index (χ3v) is 10.1. The number of hydrogen-bond donors (Lipinski definition) is 1. The third kappa shape index (κ3) is 8.46. The Morgan fingerprint density at radius 2 is 1.65 bits per heavy atom. The lowest BCUT2D eigenvalue weighted by atomic mass is 9.99. The van der Waals surface area contributed by atoms with Gasteiger partial charge in [0.2, 0.25) is 15.9 Å². The maximum Gasteiger partial charge on any atom is 0.418 e. The number of hydrogen-bond acceptors (Lipinski definition) is 6. The first-order valence-electron chi connectivity index (χ1n) is 13.6. The molecule has 1 amide bonds. The van der Waals surface area contributed by atoms with Gasteiger partial charge in [-0.25, -0.2) is 8.42 Å². The Bertz CT molecular complexity index is 1430. The molecule has 2 aromatic carbocycles. The van der Waals surface area contributed by atoms with Crippen LogP contribution < -0.4 is 5.32 Å². The molecule has 0 radical (unpaired) electrons. The Kier molecular flexibility index (Phi) is 10.4. The number of halogens is 6. The zero-order valence-electron chi connectivity index (χ0n) is 23.2. The van der Waals surface area contributed by atoms with E-state index < -0.39 is 49.9 Å². The van der Waals surface area contributed by atoms with Gasteiger partial charge in [0.1, 0.15) is 0 Å². The second-order valence-electron chi connectivity index (χ2n) is 10.0. The predicted molar refractivity (Wildman–Crippen MR) is 151 cm³/mol. The molecule has 2 aromatic rings. The summed E-state index contributed by atoms with van der Waals surface area (Å²) in [5.74, 6) is -0.849. The number of nitrogens with one attached hydrogen (secondary N) is 1. The molecule has 4 rings (SSSR count). The largest absolute Gasteiger partial charge is 0.418 e. The number of carbonyl (C=O) groups excluding carboxylic acids is 1. The van der Waals surface area contributed by atoms with Crippen LogP contribution in [0.25, 0.3) is 6.08 Å². The van der Waals surface area contributed by atoms with E-state index >= 15 is 0 Å². The van der Waals surface area contributed by atoms with Crippen LogP contribution in [-0.4, -0.2) is 74.7 Å². The highest BCUT2D eigenvalue weighted by atomic mass is 32.2. The van der Waals surface area contributed by atoms with Crippen molar-refractivity contribution in [3.05, 3.63) is 59.2 Å². The molecule has 43 heavy (non-hydrogen) atoms. The number of rotatable bonds is 8. The summed E-state index contributed by atoms with van der Waals surface area (Å²) in [4.78, 5) is 13.6. The molecule has 2 heterocycles. The van der Waals surface area contributed by atoms with E-state index in [0.29, 0.717) is 35.6 Å². The number of sulfonamides is 1. The van der Waals surface area contributed by atoms with Crippen LogP contribution in [0.5, 0.6) is 0 Å². The van der Waals surface area contributed by atoms with Crippen molar-refractivity contribution in [2.45, 2.75) is 48.0 Å². The molecule has 0 bridgehead atoms. The van der Waals surface area contributed by atoms with Crippen LogP contribution >= 0.6 is 11.8 Å². The number of piperazine rings is 1. The molecule has 236 valence electrons. The smallest absolute Gasteiger partial charge is 0.382 e. The Morgan fingerprint density at radius 1 is 1.00 bits per heavy atom. The first-order valence-corrected chi connectivity index (χ1v) is 16.0. The van der Waals surface area contributed by atoms with Gasteiger partial charge in [0.05, 0.1) is 16.9 Å². The van der Waals surface area contributed by atoms with Gasteiger partial charge in [0, 0.05) is 67.0 Å². The molecule has 0 aliphatic carbocycles. The SMILES string of the molecule is CCS(=O)(=O)N1CCN(C(=O)/C=C/c2ccc(Sc3cccc(NC4CCOCC4)c3)c(C(F)(F)F)c2C(F)(F)F)CC1. The average Bonchev–Trinajstić information content (AvgIpc) is 2.95. The first kappa shape index (κ1) is 33.1. The molecule has 15 heteroatoms. The Hall–Kier alpha value is -2.75. The van der Waals surface area contributed by atoms with E-state index in [-0.39, 0.29) is 38.0 Å². The van der Waals surface area contributed by atoms with Crippen molar-refractivity contribution >= 4 is 39.5 Å². The van der Waals surface area contributed by atoms with E-state index in [4.69, 9.17) is 4.74 Å². The molecule has 0 saturated carbocycles. The molecular weight excluding hydrogens is 620 g/mol. The molecule has 2 aliphatic rings. The normalized spacial score (nSPS) is 17.9. The minimum atomic E-state index is -5.38. The van der Waals surface area contributed by atoms with Crippen molar-refractivity contribution < 1.29 is 44.3 Å². The van der Waals surface area contributed by atoms with Gasteiger partial charge in [0.25, 0.3) is 0 Å². The van der Waals surface area contributed by atoms with Crippen molar-refractivity contribution in [2.24, 2.45) is 0 Å². The standard InChI is InChI=1S/C28H31F6N3O4S2/c1-2-43(39,40)37-14-12-36(13-15-37)24(38)9-7-19-6-8-23(26(28(32,33)34)25(19)27(29,30)31)42-22-5-3-4-21(18-22)35-20-10-16-41-17-11-20/h3-9,18,20,35H,2,10-17H2,1H3/b9-7+. The van der Waals surface area contributed by atoms with Crippen LogP contribution in [0.15, 0.2) is 52.3 Å². The lowest BCUT2D eigenvalue weighted by Crippen LogP contribution is -2.50. The second-order valence-corrected chi connectivity index (χ2v) is 13.4. The summed E-state index contributed by atoms with van der Waals surface area (Å²) in [6.07, 6.45) is -7.72. The Morgan fingerprint density at radius 3 is 2.26 bits per heavy atom. The molecular formula is C28H31F6N3O4S2. The highest BCUT2D eigenvalue weighted by Gasteiger charge is 2.46. The second kappa shape index (κ2) is 13.5. The summed E-state index contributed by atoms with van der Waals surface area (Å²) in [6, 6.07) is 8.45. The predicted octanol–water partition coefficient (Wildman–Crippen LogP) is 5.97. The molecule has 1 N–H and O–H groups in total. The van der Waals surface area contributed by atoms with Gasteiger partial charge in [-0.15, -0.1) is 0 Å².